The molecule has 0 aromatic heterocycles. The molecule has 3 atom stereocenters. The van der Waals surface area contributed by atoms with Crippen molar-refractivity contribution in [1.82, 2.24) is 10.2 Å². The lowest BCUT2D eigenvalue weighted by atomic mass is 9.92. The predicted octanol–water partition coefficient (Wildman–Crippen LogP) is 2.79. The lowest BCUT2D eigenvalue weighted by Crippen LogP contribution is -2.52. The molecule has 6 heteroatoms. The van der Waals surface area contributed by atoms with E-state index in [2.05, 4.69) is 29.1 Å². The van der Waals surface area contributed by atoms with E-state index < -0.39 is 9.84 Å². The van der Waals surface area contributed by atoms with Crippen LogP contribution in [0.5, 0.6) is 0 Å². The van der Waals surface area contributed by atoms with Crippen LogP contribution in [-0.4, -0.2) is 51.2 Å². The summed E-state index contributed by atoms with van der Waals surface area (Å²) in [5.41, 5.74) is 0. The van der Waals surface area contributed by atoms with Crippen molar-refractivity contribution in [2.24, 2.45) is 16.8 Å². The summed E-state index contributed by atoms with van der Waals surface area (Å²) < 4.78 is 25.3. The molecule has 1 fully saturated rings. The average molecular weight is 366 g/mol. The molecule has 2 rings (SSSR count). The van der Waals surface area contributed by atoms with Gasteiger partial charge in [-0.25, -0.2) is 8.42 Å². The van der Waals surface area contributed by atoms with Gasteiger partial charge in [0, 0.05) is 26.2 Å². The van der Waals surface area contributed by atoms with Crippen LogP contribution in [-0.2, 0) is 9.84 Å². The Morgan fingerprint density at radius 1 is 1.24 bits per heavy atom. The quantitative estimate of drug-likeness (QED) is 0.644. The van der Waals surface area contributed by atoms with E-state index in [1.807, 2.05) is 13.0 Å². The average Bonchev–Trinajstić information content (AvgIpc) is 2.58. The van der Waals surface area contributed by atoms with Gasteiger partial charge < -0.3 is 10.2 Å². The second-order valence-electron chi connectivity index (χ2n) is 7.24. The first-order valence-electron chi connectivity index (χ1n) is 9.11. The highest BCUT2D eigenvalue weighted by atomic mass is 32.2. The third-order valence-corrected chi connectivity index (χ3v) is 6.56. The lowest BCUT2D eigenvalue weighted by Gasteiger charge is -2.38. The second-order valence-corrected chi connectivity index (χ2v) is 9.28. The fourth-order valence-electron chi connectivity index (χ4n) is 3.57. The maximum absolute atomic E-state index is 12.7. The Bertz CT molecular complexity index is 663. The Hall–Kier alpha value is -1.56. The van der Waals surface area contributed by atoms with E-state index in [1.54, 1.807) is 31.3 Å². The monoisotopic (exact) mass is 365 g/mol. The lowest BCUT2D eigenvalue weighted by molar-refractivity contribution is 0.207. The van der Waals surface area contributed by atoms with E-state index >= 15 is 0 Å². The van der Waals surface area contributed by atoms with Gasteiger partial charge in [0.25, 0.3) is 0 Å². The van der Waals surface area contributed by atoms with Gasteiger partial charge in [-0.05, 0) is 36.8 Å². The number of aliphatic imine (C=N–C) groups is 1. The Balaban J connectivity index is 2.07. The molecule has 0 spiro atoms. The van der Waals surface area contributed by atoms with E-state index in [9.17, 15) is 8.42 Å². The number of hydrogen-bond acceptors (Lipinski definition) is 3. The molecule has 0 bridgehead atoms. The molecule has 1 aromatic rings. The van der Waals surface area contributed by atoms with E-state index in [4.69, 9.17) is 0 Å². The molecule has 1 N–H and O–H groups in total. The summed E-state index contributed by atoms with van der Waals surface area (Å²) in [5, 5.41) is 3.39. The van der Waals surface area contributed by atoms with Crippen LogP contribution in [0.2, 0.25) is 0 Å². The molecular weight excluding hydrogens is 334 g/mol. The van der Waals surface area contributed by atoms with Crippen molar-refractivity contribution in [3.05, 3.63) is 30.3 Å². The minimum Gasteiger partial charge on any atom is -0.352 e. The zero-order chi connectivity index (χ0) is 18.4. The number of benzene rings is 1. The van der Waals surface area contributed by atoms with Gasteiger partial charge in [-0.1, -0.05) is 39.0 Å². The fourth-order valence-corrected chi connectivity index (χ4v) is 5.18. The van der Waals surface area contributed by atoms with Crippen LogP contribution in [0.1, 0.15) is 33.6 Å². The third-order valence-electron chi connectivity index (χ3n) is 4.73. The number of likely N-dealkylation sites (tertiary alicyclic amines) is 1. The highest BCUT2D eigenvalue weighted by Gasteiger charge is 2.27. The summed E-state index contributed by atoms with van der Waals surface area (Å²) in [7, 11) is -1.55. The number of guanidine groups is 1. The summed E-state index contributed by atoms with van der Waals surface area (Å²) in [6.45, 7) is 8.45. The number of rotatable bonds is 5. The zero-order valence-electron chi connectivity index (χ0n) is 15.8. The fraction of sp³-hybridized carbons (Fsp3) is 0.632. The van der Waals surface area contributed by atoms with E-state index in [-0.39, 0.29) is 11.8 Å². The first kappa shape index (κ1) is 19.8. The van der Waals surface area contributed by atoms with Gasteiger partial charge in [0.05, 0.1) is 10.6 Å². The topological polar surface area (TPSA) is 61.8 Å². The molecule has 0 saturated carbocycles. The van der Waals surface area contributed by atoms with Crippen molar-refractivity contribution in [2.75, 3.05) is 25.9 Å². The van der Waals surface area contributed by atoms with Crippen LogP contribution in [0.25, 0.3) is 0 Å². The normalized spacial score (nSPS) is 23.4. The summed E-state index contributed by atoms with van der Waals surface area (Å²) in [6, 6.07) is 8.51. The Kier molecular flexibility index (Phi) is 6.87. The predicted molar refractivity (Wildman–Crippen MR) is 104 cm³/mol. The van der Waals surface area contributed by atoms with Crippen LogP contribution in [0.15, 0.2) is 40.2 Å². The van der Waals surface area contributed by atoms with Crippen LogP contribution in [0, 0.1) is 11.8 Å². The highest BCUT2D eigenvalue weighted by molar-refractivity contribution is 7.91. The van der Waals surface area contributed by atoms with Crippen molar-refractivity contribution < 1.29 is 8.42 Å². The molecular formula is C19H31N3O2S. The number of nitrogens with zero attached hydrogens (tertiary/aromatic N) is 2. The first-order valence-corrected chi connectivity index (χ1v) is 10.8. The molecule has 25 heavy (non-hydrogen) atoms. The summed E-state index contributed by atoms with van der Waals surface area (Å²) in [6.07, 6.45) is 1.96. The van der Waals surface area contributed by atoms with Gasteiger partial charge in [-0.3, -0.25) is 4.99 Å². The van der Waals surface area contributed by atoms with Crippen molar-refractivity contribution in [1.29, 1.82) is 0 Å². The Morgan fingerprint density at radius 2 is 1.84 bits per heavy atom. The highest BCUT2D eigenvalue weighted by Crippen LogP contribution is 2.21. The number of hydrogen-bond donors (Lipinski definition) is 1. The molecule has 3 unspecified atom stereocenters. The SMILES string of the molecule is CCC(CS(=O)(=O)c1ccccc1)NC(=NC)N1CC(C)CC(C)C1. The minimum absolute atomic E-state index is 0.0749. The molecule has 1 saturated heterocycles. The molecule has 1 aliphatic rings. The van der Waals surface area contributed by atoms with Gasteiger partial charge >= 0.3 is 0 Å². The summed E-state index contributed by atoms with van der Waals surface area (Å²) >= 11 is 0. The minimum atomic E-state index is -3.31. The van der Waals surface area contributed by atoms with Crippen molar-refractivity contribution >= 4 is 15.8 Å². The number of sulfone groups is 1. The summed E-state index contributed by atoms with van der Waals surface area (Å²) in [4.78, 5) is 7.05. The maximum Gasteiger partial charge on any atom is 0.193 e. The molecule has 5 nitrogen and oxygen atoms in total. The van der Waals surface area contributed by atoms with E-state index in [1.165, 1.54) is 6.42 Å². The second kappa shape index (κ2) is 8.70. The largest absolute Gasteiger partial charge is 0.352 e. The van der Waals surface area contributed by atoms with Crippen molar-refractivity contribution in [3.8, 4) is 0 Å². The Morgan fingerprint density at radius 3 is 2.36 bits per heavy atom. The van der Waals surface area contributed by atoms with Gasteiger partial charge in [0.2, 0.25) is 0 Å². The van der Waals surface area contributed by atoms with Gasteiger partial charge in [0.15, 0.2) is 15.8 Å². The molecule has 0 radical (unpaired) electrons. The Labute approximate surface area is 152 Å². The number of piperidine rings is 1. The molecule has 1 aromatic carbocycles. The third kappa shape index (κ3) is 5.46. The first-order chi connectivity index (χ1) is 11.9. The van der Waals surface area contributed by atoms with Gasteiger partial charge in [-0.2, -0.15) is 0 Å². The maximum atomic E-state index is 12.7. The molecule has 0 amide bonds. The van der Waals surface area contributed by atoms with Crippen molar-refractivity contribution in [3.63, 3.8) is 0 Å². The standard InChI is InChI=1S/C19H31N3O2S/c1-5-17(14-25(23,24)18-9-7-6-8-10-18)21-19(20-4)22-12-15(2)11-16(3)13-22/h6-10,15-17H,5,11-14H2,1-4H3,(H,20,21). The van der Waals surface area contributed by atoms with Crippen LogP contribution >= 0.6 is 0 Å². The number of nitrogens with one attached hydrogen (secondary N) is 1. The van der Waals surface area contributed by atoms with E-state index in [0.717, 1.165) is 25.5 Å². The van der Waals surface area contributed by atoms with Crippen LogP contribution in [0.3, 0.4) is 0 Å². The van der Waals surface area contributed by atoms with E-state index in [0.29, 0.717) is 16.7 Å². The zero-order valence-corrected chi connectivity index (χ0v) is 16.6. The molecule has 0 aliphatic carbocycles. The molecule has 1 heterocycles. The molecule has 140 valence electrons. The summed E-state index contributed by atoms with van der Waals surface area (Å²) in [5.74, 6) is 2.13. The van der Waals surface area contributed by atoms with Crippen molar-refractivity contribution in [2.45, 2.75) is 44.6 Å². The van der Waals surface area contributed by atoms with Gasteiger partial charge in [0.1, 0.15) is 0 Å². The van der Waals surface area contributed by atoms with Crippen LogP contribution in [0.4, 0.5) is 0 Å². The van der Waals surface area contributed by atoms with Crippen LogP contribution < -0.4 is 5.32 Å². The smallest absolute Gasteiger partial charge is 0.193 e. The molecule has 1 aliphatic heterocycles. The van der Waals surface area contributed by atoms with Gasteiger partial charge in [-0.15, -0.1) is 0 Å².